The number of pyridine rings is 2. The molecule has 1 aliphatic carbocycles. The lowest BCUT2D eigenvalue weighted by molar-refractivity contribution is 0.0687. The number of aromatic carboxylic acids is 1. The Balaban J connectivity index is 1.66. The van der Waals surface area contributed by atoms with Gasteiger partial charge in [-0.1, -0.05) is 0 Å². The van der Waals surface area contributed by atoms with E-state index in [1.807, 2.05) is 12.1 Å². The molecule has 0 atom stereocenters. The molecular weight excluding hydrogens is 449 g/mol. The van der Waals surface area contributed by atoms with Crippen molar-refractivity contribution in [3.63, 3.8) is 0 Å². The number of nitrogens with zero attached hydrogens (tertiary/aromatic N) is 1. The Labute approximate surface area is 197 Å². The van der Waals surface area contributed by atoms with Gasteiger partial charge in [0.2, 0.25) is 5.56 Å². The summed E-state index contributed by atoms with van der Waals surface area (Å²) in [4.78, 5) is 42.4. The van der Waals surface area contributed by atoms with E-state index >= 15 is 4.39 Å². The Hall–Kier alpha value is -4.46. The third-order valence-corrected chi connectivity index (χ3v) is 6.79. The fourth-order valence-corrected chi connectivity index (χ4v) is 5.21. The lowest BCUT2D eigenvalue weighted by atomic mass is 10.00. The molecule has 0 radical (unpaired) electrons. The van der Waals surface area contributed by atoms with E-state index < -0.39 is 17.3 Å². The zero-order chi connectivity index (χ0) is 24.3. The Morgan fingerprint density at radius 2 is 1.86 bits per heavy atom. The monoisotopic (exact) mass is 469 g/mol. The summed E-state index contributed by atoms with van der Waals surface area (Å²) in [6.45, 7) is -0.0830. The third kappa shape index (κ3) is 3.37. The van der Waals surface area contributed by atoms with Crippen LogP contribution in [-0.4, -0.2) is 25.6 Å². The van der Waals surface area contributed by atoms with Gasteiger partial charge in [-0.3, -0.25) is 9.59 Å². The zero-order valence-corrected chi connectivity index (χ0v) is 18.5. The van der Waals surface area contributed by atoms with E-state index in [0.717, 1.165) is 30.4 Å². The molecule has 2 aromatic carbocycles. The molecular formula is C27H20FN3O4. The third-order valence-electron chi connectivity index (χ3n) is 6.79. The Bertz CT molecular complexity index is 1790. The normalized spacial score (nSPS) is 12.9. The van der Waals surface area contributed by atoms with Crippen LogP contribution in [-0.2, 0) is 19.4 Å². The summed E-state index contributed by atoms with van der Waals surface area (Å²) < 4.78 is 16.7. The average molecular weight is 469 g/mol. The second kappa shape index (κ2) is 7.80. The second-order valence-corrected chi connectivity index (χ2v) is 8.87. The largest absolute Gasteiger partial charge is 0.477 e. The maximum atomic E-state index is 15.1. The maximum absolute atomic E-state index is 15.1. The van der Waals surface area contributed by atoms with Crippen LogP contribution in [0.2, 0.25) is 0 Å². The predicted molar refractivity (Wildman–Crippen MR) is 131 cm³/mol. The highest BCUT2D eigenvalue weighted by Gasteiger charge is 2.27. The van der Waals surface area contributed by atoms with Crippen molar-refractivity contribution in [1.29, 1.82) is 0 Å². The molecule has 0 fully saturated rings. The number of halogens is 1. The summed E-state index contributed by atoms with van der Waals surface area (Å²) in [6.07, 6.45) is 4.26. The molecule has 3 heterocycles. The van der Waals surface area contributed by atoms with Gasteiger partial charge in [0.25, 0.3) is 5.56 Å². The number of fused-ring (bicyclic) bond motifs is 3. The topological polar surface area (TPSA) is 108 Å². The van der Waals surface area contributed by atoms with Crippen LogP contribution >= 0.6 is 0 Å². The molecule has 6 rings (SSSR count). The standard InChI is InChI=1S/C27H20FN3O4/c28-20-10-16-6-7-23(32)30-21(16)11-17(20)13-31-22-12-15-4-1-3-14(15)9-19(22)24(25(31)27(34)35)18-5-2-8-29-26(18)33/h2,5-12H,1,3-4,13H2,(H,29,33)(H,30,32)(H,34,35). The van der Waals surface area contributed by atoms with E-state index in [-0.39, 0.29) is 28.9 Å². The highest BCUT2D eigenvalue weighted by molar-refractivity contribution is 6.08. The molecule has 0 unspecified atom stereocenters. The molecule has 8 heteroatoms. The molecule has 0 amide bonds. The molecule has 5 aromatic rings. The molecule has 0 saturated heterocycles. The van der Waals surface area contributed by atoms with Crippen molar-refractivity contribution in [2.24, 2.45) is 0 Å². The number of H-pyrrole nitrogens is 2. The van der Waals surface area contributed by atoms with Crippen molar-refractivity contribution < 1.29 is 14.3 Å². The van der Waals surface area contributed by atoms with Crippen LogP contribution in [0.15, 0.2) is 64.3 Å². The Morgan fingerprint density at radius 3 is 2.63 bits per heavy atom. The number of aryl methyl sites for hydroxylation is 2. The second-order valence-electron chi connectivity index (χ2n) is 8.87. The SMILES string of the molecule is O=C(O)c1c(-c2ccc[nH]c2=O)c2cc3c(cc2n1Cc1cc2[nH]c(=O)ccc2cc1F)CCC3. The molecule has 0 bridgehead atoms. The molecule has 0 spiro atoms. The van der Waals surface area contributed by atoms with Crippen molar-refractivity contribution in [3.05, 3.63) is 104 Å². The molecule has 0 saturated carbocycles. The molecule has 174 valence electrons. The number of rotatable bonds is 4. The highest BCUT2D eigenvalue weighted by atomic mass is 19.1. The molecule has 3 aromatic heterocycles. The smallest absolute Gasteiger partial charge is 0.353 e. The number of nitrogens with one attached hydrogen (secondary N) is 2. The van der Waals surface area contributed by atoms with Crippen LogP contribution in [0.4, 0.5) is 4.39 Å². The van der Waals surface area contributed by atoms with Gasteiger partial charge < -0.3 is 19.6 Å². The minimum atomic E-state index is -1.21. The van der Waals surface area contributed by atoms with E-state index in [4.69, 9.17) is 0 Å². The Kier molecular flexibility index (Phi) is 4.70. The summed E-state index contributed by atoms with van der Waals surface area (Å²) in [6, 6.07) is 12.9. The maximum Gasteiger partial charge on any atom is 0.353 e. The van der Waals surface area contributed by atoms with Crippen molar-refractivity contribution >= 4 is 27.8 Å². The van der Waals surface area contributed by atoms with E-state index in [1.165, 1.54) is 30.5 Å². The molecule has 0 aliphatic heterocycles. The number of carbonyl (C=O) groups is 1. The minimum absolute atomic E-state index is 0.0820. The van der Waals surface area contributed by atoms with Gasteiger partial charge in [-0.05, 0) is 72.9 Å². The number of aromatic nitrogens is 3. The van der Waals surface area contributed by atoms with Crippen LogP contribution < -0.4 is 11.1 Å². The zero-order valence-electron chi connectivity index (χ0n) is 18.5. The van der Waals surface area contributed by atoms with Gasteiger partial charge in [-0.25, -0.2) is 9.18 Å². The number of aromatic amines is 2. The molecule has 1 aliphatic rings. The molecule has 3 N–H and O–H groups in total. The fourth-order valence-electron chi connectivity index (χ4n) is 5.21. The fraction of sp³-hybridized carbons (Fsp3) is 0.148. The number of benzene rings is 2. The van der Waals surface area contributed by atoms with Gasteiger partial charge in [0, 0.05) is 50.8 Å². The minimum Gasteiger partial charge on any atom is -0.477 e. The van der Waals surface area contributed by atoms with Gasteiger partial charge in [0.1, 0.15) is 11.5 Å². The van der Waals surface area contributed by atoms with Gasteiger partial charge in [0.05, 0.1) is 6.54 Å². The number of carboxylic acids is 1. The van der Waals surface area contributed by atoms with Gasteiger partial charge in [-0.15, -0.1) is 0 Å². The van der Waals surface area contributed by atoms with E-state index in [0.29, 0.717) is 27.4 Å². The number of carboxylic acid groups (broad SMARTS) is 1. The first-order valence-corrected chi connectivity index (χ1v) is 11.3. The van der Waals surface area contributed by atoms with E-state index in [2.05, 4.69) is 9.97 Å². The van der Waals surface area contributed by atoms with Crippen molar-refractivity contribution in [2.45, 2.75) is 25.8 Å². The Morgan fingerprint density at radius 1 is 1.06 bits per heavy atom. The van der Waals surface area contributed by atoms with Crippen LogP contribution in [0.1, 0.15) is 33.6 Å². The molecule has 35 heavy (non-hydrogen) atoms. The summed E-state index contributed by atoms with van der Waals surface area (Å²) >= 11 is 0. The predicted octanol–water partition coefficient (Wildman–Crippen LogP) is 4.21. The summed E-state index contributed by atoms with van der Waals surface area (Å²) in [7, 11) is 0. The first kappa shape index (κ1) is 21.1. The van der Waals surface area contributed by atoms with Crippen molar-refractivity contribution in [3.8, 4) is 11.1 Å². The summed E-state index contributed by atoms with van der Waals surface area (Å²) in [5, 5.41) is 11.5. The van der Waals surface area contributed by atoms with E-state index in [1.54, 1.807) is 16.7 Å². The number of hydrogen-bond acceptors (Lipinski definition) is 3. The van der Waals surface area contributed by atoms with Crippen molar-refractivity contribution in [1.82, 2.24) is 14.5 Å². The van der Waals surface area contributed by atoms with E-state index in [9.17, 15) is 19.5 Å². The highest BCUT2D eigenvalue weighted by Crippen LogP contribution is 2.38. The van der Waals surface area contributed by atoms with Crippen LogP contribution in [0.25, 0.3) is 32.9 Å². The summed E-state index contributed by atoms with van der Waals surface area (Å²) in [5.74, 6) is -1.72. The first-order chi connectivity index (χ1) is 16.9. The first-order valence-electron chi connectivity index (χ1n) is 11.3. The van der Waals surface area contributed by atoms with Crippen LogP contribution in [0.3, 0.4) is 0 Å². The lowest BCUT2D eigenvalue weighted by Gasteiger charge is -2.12. The number of hydrogen-bond donors (Lipinski definition) is 3. The lowest BCUT2D eigenvalue weighted by Crippen LogP contribution is -2.14. The molecule has 7 nitrogen and oxygen atoms in total. The average Bonchev–Trinajstić information content (AvgIpc) is 3.41. The van der Waals surface area contributed by atoms with Crippen LogP contribution in [0, 0.1) is 5.82 Å². The summed E-state index contributed by atoms with van der Waals surface area (Å²) in [5.41, 5.74) is 3.35. The van der Waals surface area contributed by atoms with Crippen LogP contribution in [0.5, 0.6) is 0 Å². The quantitative estimate of drug-likeness (QED) is 0.366. The van der Waals surface area contributed by atoms with Gasteiger partial charge in [0.15, 0.2) is 0 Å². The van der Waals surface area contributed by atoms with Gasteiger partial charge >= 0.3 is 5.97 Å². The van der Waals surface area contributed by atoms with Crippen molar-refractivity contribution in [2.75, 3.05) is 0 Å². The van der Waals surface area contributed by atoms with Gasteiger partial charge in [-0.2, -0.15) is 0 Å².